The van der Waals surface area contributed by atoms with E-state index in [2.05, 4.69) is 17.1 Å². The molecular formula is C16H29N3O2. The molecule has 120 valence electrons. The number of nitrogens with zero attached hydrogens (tertiary/aromatic N) is 2. The van der Waals surface area contributed by atoms with E-state index in [-0.39, 0.29) is 17.6 Å². The first-order valence-electron chi connectivity index (χ1n) is 8.22. The number of hydrogen-bond donors (Lipinski definition) is 1. The van der Waals surface area contributed by atoms with Crippen LogP contribution in [0.3, 0.4) is 0 Å². The van der Waals surface area contributed by atoms with Crippen molar-refractivity contribution in [2.24, 2.45) is 5.73 Å². The Kier molecular flexibility index (Phi) is 5.76. The largest absolute Gasteiger partial charge is 0.370 e. The van der Waals surface area contributed by atoms with E-state index in [1.165, 1.54) is 19.3 Å². The van der Waals surface area contributed by atoms with Crippen molar-refractivity contribution in [3.8, 4) is 0 Å². The summed E-state index contributed by atoms with van der Waals surface area (Å²) in [7, 11) is 1.76. The van der Waals surface area contributed by atoms with E-state index in [0.29, 0.717) is 0 Å². The van der Waals surface area contributed by atoms with Crippen molar-refractivity contribution < 1.29 is 9.26 Å². The first kappa shape index (κ1) is 16.4. The van der Waals surface area contributed by atoms with E-state index in [9.17, 15) is 0 Å². The summed E-state index contributed by atoms with van der Waals surface area (Å²) < 4.78 is 11.3. The maximum atomic E-state index is 5.79. The van der Waals surface area contributed by atoms with Gasteiger partial charge in [0.2, 0.25) is 11.7 Å². The predicted molar refractivity (Wildman–Crippen MR) is 82.0 cm³/mol. The van der Waals surface area contributed by atoms with Crippen LogP contribution in [0.2, 0.25) is 0 Å². The van der Waals surface area contributed by atoms with Crippen molar-refractivity contribution in [2.75, 3.05) is 7.11 Å². The van der Waals surface area contributed by atoms with E-state index < -0.39 is 0 Å². The topological polar surface area (TPSA) is 74.2 Å². The quantitative estimate of drug-likeness (QED) is 0.833. The molecule has 21 heavy (non-hydrogen) atoms. The number of nitrogens with two attached hydrogens (primary N) is 1. The lowest BCUT2D eigenvalue weighted by Crippen LogP contribution is -2.32. The fourth-order valence-corrected chi connectivity index (χ4v) is 3.13. The van der Waals surface area contributed by atoms with Gasteiger partial charge in [-0.1, -0.05) is 37.8 Å². The maximum absolute atomic E-state index is 5.79. The first-order chi connectivity index (χ1) is 10.1. The fraction of sp³-hybridized carbons (Fsp3) is 0.875. The normalized spacial score (nSPS) is 21.1. The summed E-state index contributed by atoms with van der Waals surface area (Å²) in [5.41, 5.74) is 5.46. The van der Waals surface area contributed by atoms with Crippen LogP contribution in [0, 0.1) is 0 Å². The Bertz CT molecular complexity index is 425. The van der Waals surface area contributed by atoms with Gasteiger partial charge < -0.3 is 15.0 Å². The van der Waals surface area contributed by atoms with Crippen molar-refractivity contribution in [2.45, 2.75) is 82.8 Å². The minimum absolute atomic E-state index is 0.259. The van der Waals surface area contributed by atoms with Gasteiger partial charge in [-0.2, -0.15) is 4.98 Å². The monoisotopic (exact) mass is 295 g/mol. The molecule has 1 aliphatic carbocycles. The molecule has 5 heteroatoms. The van der Waals surface area contributed by atoms with Gasteiger partial charge in [0, 0.05) is 19.1 Å². The van der Waals surface area contributed by atoms with Crippen LogP contribution in [-0.4, -0.2) is 23.3 Å². The molecular weight excluding hydrogens is 266 g/mol. The van der Waals surface area contributed by atoms with Crippen molar-refractivity contribution in [3.05, 3.63) is 11.7 Å². The molecule has 0 aliphatic heterocycles. The highest BCUT2D eigenvalue weighted by molar-refractivity contribution is 5.04. The summed E-state index contributed by atoms with van der Waals surface area (Å²) >= 11 is 0. The molecule has 2 rings (SSSR count). The third kappa shape index (κ3) is 4.04. The van der Waals surface area contributed by atoms with Gasteiger partial charge in [-0.3, -0.25) is 0 Å². The standard InChI is InChI=1S/C16H29N3O2/c1-12(8-7-9-13(2)17)14-18-15(19-21-14)16(20-3)10-5-4-6-11-16/h12-13H,4-11,17H2,1-3H3. The van der Waals surface area contributed by atoms with Crippen molar-refractivity contribution in [3.63, 3.8) is 0 Å². The van der Waals surface area contributed by atoms with Gasteiger partial charge in [0.1, 0.15) is 5.60 Å². The second-order valence-electron chi connectivity index (χ2n) is 6.52. The molecule has 1 aliphatic rings. The molecule has 1 heterocycles. The van der Waals surface area contributed by atoms with E-state index >= 15 is 0 Å². The van der Waals surface area contributed by atoms with Gasteiger partial charge in [0.05, 0.1) is 0 Å². The highest BCUT2D eigenvalue weighted by atomic mass is 16.5. The molecule has 1 aromatic rings. The Morgan fingerprint density at radius 2 is 1.95 bits per heavy atom. The highest BCUT2D eigenvalue weighted by Gasteiger charge is 2.38. The van der Waals surface area contributed by atoms with Crippen molar-refractivity contribution >= 4 is 0 Å². The summed E-state index contributed by atoms with van der Waals surface area (Å²) in [5, 5.41) is 4.21. The van der Waals surface area contributed by atoms with Crippen LogP contribution in [0.5, 0.6) is 0 Å². The third-order valence-corrected chi connectivity index (χ3v) is 4.62. The molecule has 0 spiro atoms. The summed E-state index contributed by atoms with van der Waals surface area (Å²) in [6, 6.07) is 0.259. The number of methoxy groups -OCH3 is 1. The molecule has 2 N–H and O–H groups in total. The lowest BCUT2D eigenvalue weighted by Gasteiger charge is -2.32. The minimum Gasteiger partial charge on any atom is -0.370 e. The zero-order valence-corrected chi connectivity index (χ0v) is 13.6. The van der Waals surface area contributed by atoms with Gasteiger partial charge >= 0.3 is 0 Å². The van der Waals surface area contributed by atoms with Crippen LogP contribution >= 0.6 is 0 Å². The summed E-state index contributed by atoms with van der Waals surface area (Å²) in [6.07, 6.45) is 8.73. The molecule has 2 atom stereocenters. The van der Waals surface area contributed by atoms with Crippen molar-refractivity contribution in [1.29, 1.82) is 0 Å². The van der Waals surface area contributed by atoms with Gasteiger partial charge in [-0.05, 0) is 32.6 Å². The lowest BCUT2D eigenvalue weighted by atomic mass is 9.84. The molecule has 1 fully saturated rings. The average Bonchev–Trinajstić information content (AvgIpc) is 2.98. The minimum atomic E-state index is -0.328. The van der Waals surface area contributed by atoms with Gasteiger partial charge in [-0.15, -0.1) is 0 Å². The third-order valence-electron chi connectivity index (χ3n) is 4.62. The smallest absolute Gasteiger partial charge is 0.229 e. The molecule has 0 amide bonds. The Morgan fingerprint density at radius 3 is 2.57 bits per heavy atom. The number of aromatic nitrogens is 2. The average molecular weight is 295 g/mol. The molecule has 1 saturated carbocycles. The van der Waals surface area contributed by atoms with Gasteiger partial charge in [0.25, 0.3) is 0 Å². The first-order valence-corrected chi connectivity index (χ1v) is 8.22. The number of ether oxygens (including phenoxy) is 1. The Labute approximate surface area is 127 Å². The summed E-state index contributed by atoms with van der Waals surface area (Å²) in [5.74, 6) is 1.75. The second kappa shape index (κ2) is 7.36. The van der Waals surface area contributed by atoms with Crippen LogP contribution in [0.1, 0.15) is 82.8 Å². The Hall–Kier alpha value is -0.940. The molecule has 2 unspecified atom stereocenters. The Balaban J connectivity index is 1.99. The number of hydrogen-bond acceptors (Lipinski definition) is 5. The van der Waals surface area contributed by atoms with Gasteiger partial charge in [-0.25, -0.2) is 0 Å². The maximum Gasteiger partial charge on any atom is 0.229 e. The second-order valence-corrected chi connectivity index (χ2v) is 6.52. The summed E-state index contributed by atoms with van der Waals surface area (Å²) in [4.78, 5) is 4.64. The van der Waals surface area contributed by atoms with E-state index in [0.717, 1.165) is 43.8 Å². The molecule has 0 saturated heterocycles. The zero-order chi connectivity index (χ0) is 15.3. The molecule has 1 aromatic heterocycles. The van der Waals surface area contributed by atoms with E-state index in [1.807, 2.05) is 6.92 Å². The van der Waals surface area contributed by atoms with E-state index in [4.69, 9.17) is 15.0 Å². The molecule has 0 bridgehead atoms. The lowest BCUT2D eigenvalue weighted by molar-refractivity contribution is -0.0527. The van der Waals surface area contributed by atoms with Crippen LogP contribution in [0.25, 0.3) is 0 Å². The molecule has 5 nitrogen and oxygen atoms in total. The van der Waals surface area contributed by atoms with Gasteiger partial charge in [0.15, 0.2) is 0 Å². The van der Waals surface area contributed by atoms with Crippen LogP contribution in [0.4, 0.5) is 0 Å². The van der Waals surface area contributed by atoms with Crippen LogP contribution in [-0.2, 0) is 10.3 Å². The molecule has 0 radical (unpaired) electrons. The number of rotatable bonds is 7. The zero-order valence-electron chi connectivity index (χ0n) is 13.6. The van der Waals surface area contributed by atoms with E-state index in [1.54, 1.807) is 7.11 Å². The fourth-order valence-electron chi connectivity index (χ4n) is 3.13. The molecule has 0 aromatic carbocycles. The predicted octanol–water partition coefficient (Wildman–Crippen LogP) is 3.50. The Morgan fingerprint density at radius 1 is 1.24 bits per heavy atom. The highest BCUT2D eigenvalue weighted by Crippen LogP contribution is 2.39. The SMILES string of the molecule is COC1(c2noc(C(C)CCCC(C)N)n2)CCCCC1. The van der Waals surface area contributed by atoms with Crippen LogP contribution < -0.4 is 5.73 Å². The summed E-state index contributed by atoms with van der Waals surface area (Å²) in [6.45, 7) is 4.18. The van der Waals surface area contributed by atoms with Crippen LogP contribution in [0.15, 0.2) is 4.52 Å². The van der Waals surface area contributed by atoms with Crippen molar-refractivity contribution in [1.82, 2.24) is 10.1 Å².